The van der Waals surface area contributed by atoms with Crippen LogP contribution >= 0.6 is 0 Å². The number of aliphatic hydroxyl groups is 1. The predicted octanol–water partition coefficient (Wildman–Crippen LogP) is 0.583. The molecule has 0 radical (unpaired) electrons. The number of nitro groups is 1. The van der Waals surface area contributed by atoms with Gasteiger partial charge in [0.25, 0.3) is 0 Å². The molecule has 0 saturated heterocycles. The quantitative estimate of drug-likeness (QED) is 0.427. The lowest BCUT2D eigenvalue weighted by atomic mass is 10.1. The number of hydrogen-bond acceptors (Lipinski definition) is 5. The van der Waals surface area contributed by atoms with Crippen LogP contribution in [0, 0.1) is 21.4 Å². The molecule has 0 aliphatic rings. The van der Waals surface area contributed by atoms with Gasteiger partial charge in [-0.15, -0.1) is 0 Å². The van der Waals surface area contributed by atoms with Gasteiger partial charge in [-0.2, -0.15) is 5.26 Å². The van der Waals surface area contributed by atoms with Crippen molar-refractivity contribution in [1.29, 1.82) is 5.26 Å². The summed E-state index contributed by atoms with van der Waals surface area (Å²) in [6.07, 6.45) is 0.316. The van der Waals surface area contributed by atoms with Crippen LogP contribution in [0.4, 0.5) is 11.4 Å². The van der Waals surface area contributed by atoms with E-state index in [0.717, 1.165) is 0 Å². The maximum absolute atomic E-state index is 10.6. The van der Waals surface area contributed by atoms with E-state index < -0.39 is 4.92 Å². The van der Waals surface area contributed by atoms with Crippen molar-refractivity contribution in [2.75, 3.05) is 12.3 Å². The van der Waals surface area contributed by atoms with Gasteiger partial charge < -0.3 is 10.8 Å². The van der Waals surface area contributed by atoms with Crippen molar-refractivity contribution in [2.45, 2.75) is 6.42 Å². The maximum atomic E-state index is 10.6. The summed E-state index contributed by atoms with van der Waals surface area (Å²) in [4.78, 5) is 9.91. The summed E-state index contributed by atoms with van der Waals surface area (Å²) in [5.41, 5.74) is 5.55. The van der Waals surface area contributed by atoms with Gasteiger partial charge in [-0.1, -0.05) is 0 Å². The first-order valence-electron chi connectivity index (χ1n) is 4.18. The van der Waals surface area contributed by atoms with Crippen molar-refractivity contribution in [3.63, 3.8) is 0 Å². The van der Waals surface area contributed by atoms with Gasteiger partial charge in [-0.3, -0.25) is 10.1 Å². The fraction of sp³-hybridized carbons (Fsp3) is 0.222. The Morgan fingerprint density at radius 1 is 1.60 bits per heavy atom. The molecule has 0 aromatic heterocycles. The highest BCUT2D eigenvalue weighted by atomic mass is 16.6. The van der Waals surface area contributed by atoms with Crippen LogP contribution in [0.3, 0.4) is 0 Å². The molecule has 0 aliphatic heterocycles. The van der Waals surface area contributed by atoms with Crippen LogP contribution in [0.2, 0.25) is 0 Å². The van der Waals surface area contributed by atoms with Crippen LogP contribution in [-0.2, 0) is 6.42 Å². The summed E-state index contributed by atoms with van der Waals surface area (Å²) in [5, 5.41) is 28.0. The van der Waals surface area contributed by atoms with Gasteiger partial charge in [0.1, 0.15) is 17.3 Å². The molecule has 3 N–H and O–H groups in total. The molecule has 1 aromatic rings. The second kappa shape index (κ2) is 4.39. The highest BCUT2D eigenvalue weighted by molar-refractivity contribution is 5.67. The topological polar surface area (TPSA) is 113 Å². The average molecular weight is 207 g/mol. The van der Waals surface area contributed by atoms with Crippen molar-refractivity contribution in [3.05, 3.63) is 33.4 Å². The van der Waals surface area contributed by atoms with Crippen LogP contribution in [0.5, 0.6) is 0 Å². The second-order valence-electron chi connectivity index (χ2n) is 2.92. The number of hydrogen-bond donors (Lipinski definition) is 2. The molecule has 0 heterocycles. The molecule has 1 aromatic carbocycles. The number of benzene rings is 1. The Hall–Kier alpha value is -2.13. The number of nitro benzene ring substituents is 1. The van der Waals surface area contributed by atoms with Crippen LogP contribution in [0.25, 0.3) is 0 Å². The van der Waals surface area contributed by atoms with E-state index in [2.05, 4.69) is 0 Å². The molecule has 15 heavy (non-hydrogen) atoms. The minimum absolute atomic E-state index is 0.0532. The van der Waals surface area contributed by atoms with E-state index in [1.807, 2.05) is 0 Å². The highest BCUT2D eigenvalue weighted by Crippen LogP contribution is 2.27. The summed E-state index contributed by atoms with van der Waals surface area (Å²) >= 11 is 0. The van der Waals surface area contributed by atoms with Gasteiger partial charge in [0.05, 0.1) is 4.92 Å². The van der Waals surface area contributed by atoms with Crippen LogP contribution in [0.1, 0.15) is 11.1 Å². The predicted molar refractivity (Wildman–Crippen MR) is 53.0 cm³/mol. The second-order valence-corrected chi connectivity index (χ2v) is 2.92. The zero-order chi connectivity index (χ0) is 11.4. The van der Waals surface area contributed by atoms with Crippen molar-refractivity contribution >= 4 is 11.4 Å². The lowest BCUT2D eigenvalue weighted by Gasteiger charge is -2.03. The van der Waals surface area contributed by atoms with Gasteiger partial charge >= 0.3 is 5.69 Å². The van der Waals surface area contributed by atoms with Gasteiger partial charge in [0.15, 0.2) is 0 Å². The first-order chi connectivity index (χ1) is 7.10. The Balaban J connectivity index is 3.32. The summed E-state index contributed by atoms with van der Waals surface area (Å²) < 4.78 is 0. The minimum atomic E-state index is -0.684. The number of rotatable bonds is 3. The molecular weight excluding hydrogens is 198 g/mol. The third kappa shape index (κ3) is 2.21. The van der Waals surface area contributed by atoms with E-state index in [-0.39, 0.29) is 23.5 Å². The number of nitriles is 1. The highest BCUT2D eigenvalue weighted by Gasteiger charge is 2.18. The molecule has 0 unspecified atom stereocenters. The van der Waals surface area contributed by atoms with Crippen molar-refractivity contribution < 1.29 is 10.0 Å². The van der Waals surface area contributed by atoms with E-state index in [0.29, 0.717) is 12.0 Å². The Morgan fingerprint density at radius 2 is 2.27 bits per heavy atom. The number of aliphatic hydroxyl groups excluding tert-OH is 1. The summed E-state index contributed by atoms with van der Waals surface area (Å²) in [5.74, 6) is 0. The summed E-state index contributed by atoms with van der Waals surface area (Å²) in [7, 11) is 0. The number of nitrogen functional groups attached to an aromatic ring is 1. The lowest BCUT2D eigenvalue weighted by Crippen LogP contribution is -2.01. The molecule has 0 amide bonds. The average Bonchev–Trinajstić information content (AvgIpc) is 2.16. The van der Waals surface area contributed by atoms with Gasteiger partial charge in [0.2, 0.25) is 0 Å². The fourth-order valence-corrected chi connectivity index (χ4v) is 1.28. The van der Waals surface area contributed by atoms with E-state index in [1.165, 1.54) is 12.1 Å². The molecule has 78 valence electrons. The molecule has 0 spiro atoms. The molecule has 0 aliphatic carbocycles. The Bertz CT molecular complexity index is 437. The first-order valence-corrected chi connectivity index (χ1v) is 4.18. The Kier molecular flexibility index (Phi) is 3.21. The fourth-order valence-electron chi connectivity index (χ4n) is 1.28. The monoisotopic (exact) mass is 207 g/mol. The molecule has 1 rings (SSSR count). The van der Waals surface area contributed by atoms with Crippen molar-refractivity contribution in [1.82, 2.24) is 0 Å². The van der Waals surface area contributed by atoms with E-state index in [1.54, 1.807) is 6.07 Å². The zero-order valence-corrected chi connectivity index (χ0v) is 7.80. The number of nitrogens with zero attached hydrogens (tertiary/aromatic N) is 2. The largest absolute Gasteiger partial charge is 0.396 e. The third-order valence-corrected chi connectivity index (χ3v) is 1.90. The van der Waals surface area contributed by atoms with E-state index in [9.17, 15) is 10.1 Å². The SMILES string of the molecule is N#Cc1cc(CCO)cc(N)c1[N+](=O)[O-]. The molecular formula is C9H9N3O3. The van der Waals surface area contributed by atoms with Gasteiger partial charge in [-0.25, -0.2) is 0 Å². The first kappa shape index (κ1) is 10.9. The van der Waals surface area contributed by atoms with Crippen LogP contribution in [0.15, 0.2) is 12.1 Å². The van der Waals surface area contributed by atoms with Crippen molar-refractivity contribution in [2.24, 2.45) is 0 Å². The summed E-state index contributed by atoms with van der Waals surface area (Å²) in [6, 6.07) is 4.48. The van der Waals surface area contributed by atoms with Gasteiger partial charge in [0, 0.05) is 6.61 Å². The summed E-state index contributed by atoms with van der Waals surface area (Å²) in [6.45, 7) is -0.0951. The van der Waals surface area contributed by atoms with Crippen molar-refractivity contribution in [3.8, 4) is 6.07 Å². The van der Waals surface area contributed by atoms with E-state index >= 15 is 0 Å². The lowest BCUT2D eigenvalue weighted by molar-refractivity contribution is -0.384. The normalized spacial score (nSPS) is 9.60. The zero-order valence-electron chi connectivity index (χ0n) is 7.80. The van der Waals surface area contributed by atoms with Crippen LogP contribution < -0.4 is 5.73 Å². The Labute approximate surface area is 85.7 Å². The number of nitrogens with two attached hydrogens (primary N) is 1. The molecule has 6 nitrogen and oxygen atoms in total. The minimum Gasteiger partial charge on any atom is -0.396 e. The standard InChI is InChI=1S/C9H9N3O3/c10-5-7-3-6(1-2-13)4-8(11)9(7)12(14)15/h3-4,13H,1-2,11H2. The number of anilines is 1. The maximum Gasteiger partial charge on any atom is 0.309 e. The smallest absolute Gasteiger partial charge is 0.309 e. The van der Waals surface area contributed by atoms with Crippen LogP contribution in [-0.4, -0.2) is 16.6 Å². The Morgan fingerprint density at radius 3 is 2.73 bits per heavy atom. The molecule has 0 atom stereocenters. The molecule has 0 fully saturated rings. The molecule has 0 bridgehead atoms. The molecule has 0 saturated carbocycles. The van der Waals surface area contributed by atoms with Gasteiger partial charge in [-0.05, 0) is 24.1 Å². The van der Waals surface area contributed by atoms with E-state index in [4.69, 9.17) is 16.1 Å². The molecule has 6 heteroatoms. The third-order valence-electron chi connectivity index (χ3n) is 1.90.